The van der Waals surface area contributed by atoms with Crippen LogP contribution in [0.25, 0.3) is 0 Å². The minimum Gasteiger partial charge on any atom is -0.314 e. The molecule has 2 aliphatic carbocycles. The second kappa shape index (κ2) is 4.00. The quantitative estimate of drug-likeness (QED) is 0.703. The highest BCUT2D eigenvalue weighted by atomic mass is 14.9. The summed E-state index contributed by atoms with van der Waals surface area (Å²) in [5.74, 6) is 2.98. The molecule has 1 nitrogen and oxygen atoms in total. The van der Waals surface area contributed by atoms with Crippen LogP contribution in [0.1, 0.15) is 46.0 Å². The van der Waals surface area contributed by atoms with Crippen molar-refractivity contribution in [2.75, 3.05) is 6.54 Å². The lowest BCUT2D eigenvalue weighted by Gasteiger charge is -2.23. The minimum atomic E-state index is 0.853. The van der Waals surface area contributed by atoms with Crippen molar-refractivity contribution in [3.05, 3.63) is 0 Å². The third-order valence-electron chi connectivity index (χ3n) is 3.87. The average molecular weight is 181 g/mol. The third-order valence-corrected chi connectivity index (χ3v) is 3.87. The molecule has 13 heavy (non-hydrogen) atoms. The maximum absolute atomic E-state index is 3.74. The van der Waals surface area contributed by atoms with E-state index in [9.17, 15) is 0 Å². The minimum absolute atomic E-state index is 0.853. The zero-order chi connectivity index (χ0) is 9.26. The molecule has 0 spiro atoms. The summed E-state index contributed by atoms with van der Waals surface area (Å²) in [6.45, 7) is 5.86. The van der Waals surface area contributed by atoms with Gasteiger partial charge in [0.05, 0.1) is 0 Å². The largest absolute Gasteiger partial charge is 0.314 e. The Balaban J connectivity index is 1.66. The second-order valence-electron chi connectivity index (χ2n) is 5.42. The fraction of sp³-hybridized carbons (Fsp3) is 1.00. The molecule has 0 radical (unpaired) electrons. The van der Waals surface area contributed by atoms with Gasteiger partial charge in [0.15, 0.2) is 0 Å². The normalized spacial score (nSPS) is 37.6. The zero-order valence-electron chi connectivity index (χ0n) is 9.05. The van der Waals surface area contributed by atoms with E-state index in [1.165, 1.54) is 38.6 Å². The van der Waals surface area contributed by atoms with Crippen molar-refractivity contribution < 1.29 is 0 Å². The molecule has 0 aliphatic heterocycles. The van der Waals surface area contributed by atoms with Crippen LogP contribution >= 0.6 is 0 Å². The van der Waals surface area contributed by atoms with Gasteiger partial charge in [-0.3, -0.25) is 0 Å². The van der Waals surface area contributed by atoms with E-state index in [4.69, 9.17) is 0 Å². The van der Waals surface area contributed by atoms with Gasteiger partial charge in [-0.25, -0.2) is 0 Å². The Kier molecular flexibility index (Phi) is 2.92. The van der Waals surface area contributed by atoms with E-state index in [1.807, 2.05) is 0 Å². The van der Waals surface area contributed by atoms with Gasteiger partial charge < -0.3 is 5.32 Å². The van der Waals surface area contributed by atoms with E-state index in [0.717, 1.165) is 23.8 Å². The molecule has 0 aromatic heterocycles. The van der Waals surface area contributed by atoms with Crippen LogP contribution in [-0.4, -0.2) is 12.6 Å². The van der Waals surface area contributed by atoms with E-state index in [1.54, 1.807) is 0 Å². The fourth-order valence-corrected chi connectivity index (χ4v) is 3.05. The molecule has 2 bridgehead atoms. The summed E-state index contributed by atoms with van der Waals surface area (Å²) in [6.07, 6.45) is 7.37. The molecule has 0 aromatic carbocycles. The second-order valence-corrected chi connectivity index (χ2v) is 5.42. The van der Waals surface area contributed by atoms with E-state index < -0.39 is 0 Å². The molecule has 76 valence electrons. The van der Waals surface area contributed by atoms with Gasteiger partial charge in [0, 0.05) is 6.04 Å². The number of hydrogen-bond donors (Lipinski definition) is 1. The molecule has 1 N–H and O–H groups in total. The number of rotatable bonds is 4. The van der Waals surface area contributed by atoms with Gasteiger partial charge in [-0.1, -0.05) is 20.3 Å². The van der Waals surface area contributed by atoms with E-state index in [2.05, 4.69) is 19.2 Å². The predicted octanol–water partition coefficient (Wildman–Crippen LogP) is 2.81. The van der Waals surface area contributed by atoms with Gasteiger partial charge >= 0.3 is 0 Å². The van der Waals surface area contributed by atoms with Gasteiger partial charge in [-0.05, 0) is 50.0 Å². The van der Waals surface area contributed by atoms with Crippen LogP contribution in [0.4, 0.5) is 0 Å². The average Bonchev–Trinajstić information content (AvgIpc) is 2.64. The van der Waals surface area contributed by atoms with Crippen LogP contribution in [0.5, 0.6) is 0 Å². The standard InChI is InChI=1S/C12H23N/c1-9(2)5-6-13-12-8-10-3-4-11(12)7-10/h9-13H,3-8H2,1-2H3/t10-,11-,12-/m1/s1. The first kappa shape index (κ1) is 9.51. The van der Waals surface area contributed by atoms with Crippen molar-refractivity contribution in [1.29, 1.82) is 0 Å². The molecule has 0 saturated heterocycles. The fourth-order valence-electron chi connectivity index (χ4n) is 3.05. The number of fused-ring (bicyclic) bond motifs is 2. The van der Waals surface area contributed by atoms with Crippen molar-refractivity contribution >= 4 is 0 Å². The SMILES string of the molecule is CC(C)CCN[C@@H]1C[C@@H]2CC[C@@H]1C2. The molecule has 0 aromatic rings. The molecule has 2 aliphatic rings. The lowest BCUT2D eigenvalue weighted by molar-refractivity contribution is 0.344. The summed E-state index contributed by atoms with van der Waals surface area (Å²) in [4.78, 5) is 0. The van der Waals surface area contributed by atoms with Gasteiger partial charge in [-0.2, -0.15) is 0 Å². The van der Waals surface area contributed by atoms with Gasteiger partial charge in [0.1, 0.15) is 0 Å². The Morgan fingerprint density at radius 2 is 2.08 bits per heavy atom. The van der Waals surface area contributed by atoms with Crippen LogP contribution in [0.3, 0.4) is 0 Å². The highest BCUT2D eigenvalue weighted by Gasteiger charge is 2.38. The molecule has 2 saturated carbocycles. The smallest absolute Gasteiger partial charge is 0.00980 e. The van der Waals surface area contributed by atoms with Crippen LogP contribution < -0.4 is 5.32 Å². The maximum Gasteiger partial charge on any atom is 0.00980 e. The molecule has 2 rings (SSSR count). The van der Waals surface area contributed by atoms with Crippen LogP contribution in [-0.2, 0) is 0 Å². The van der Waals surface area contributed by atoms with Crippen LogP contribution in [0.15, 0.2) is 0 Å². The highest BCUT2D eigenvalue weighted by Crippen LogP contribution is 2.44. The summed E-state index contributed by atoms with van der Waals surface area (Å²) >= 11 is 0. The Labute approximate surface area is 82.3 Å². The molecule has 0 heterocycles. The first-order valence-corrected chi connectivity index (χ1v) is 5.99. The summed E-state index contributed by atoms with van der Waals surface area (Å²) < 4.78 is 0. The van der Waals surface area contributed by atoms with Crippen LogP contribution in [0, 0.1) is 17.8 Å². The Bertz CT molecular complexity index is 165. The molecule has 0 amide bonds. The molecular formula is C12H23N. The third kappa shape index (κ3) is 2.25. The number of nitrogens with one attached hydrogen (secondary N) is 1. The topological polar surface area (TPSA) is 12.0 Å². The van der Waals surface area contributed by atoms with Gasteiger partial charge in [0.2, 0.25) is 0 Å². The summed E-state index contributed by atoms with van der Waals surface area (Å²) in [5, 5.41) is 3.74. The Morgan fingerprint density at radius 3 is 2.62 bits per heavy atom. The number of hydrogen-bond acceptors (Lipinski definition) is 1. The Morgan fingerprint density at radius 1 is 1.23 bits per heavy atom. The van der Waals surface area contributed by atoms with E-state index in [0.29, 0.717) is 0 Å². The lowest BCUT2D eigenvalue weighted by Crippen LogP contribution is -2.34. The predicted molar refractivity (Wildman–Crippen MR) is 56.7 cm³/mol. The van der Waals surface area contributed by atoms with Gasteiger partial charge in [-0.15, -0.1) is 0 Å². The van der Waals surface area contributed by atoms with Crippen molar-refractivity contribution in [1.82, 2.24) is 5.32 Å². The molecule has 3 atom stereocenters. The monoisotopic (exact) mass is 181 g/mol. The maximum atomic E-state index is 3.74. The van der Waals surface area contributed by atoms with Crippen molar-refractivity contribution in [2.24, 2.45) is 17.8 Å². The van der Waals surface area contributed by atoms with Crippen molar-refractivity contribution in [3.8, 4) is 0 Å². The highest BCUT2D eigenvalue weighted by molar-refractivity contribution is 4.93. The first-order valence-electron chi connectivity index (χ1n) is 5.99. The van der Waals surface area contributed by atoms with Crippen molar-refractivity contribution in [2.45, 2.75) is 52.0 Å². The molecule has 0 unspecified atom stereocenters. The summed E-state index contributed by atoms with van der Waals surface area (Å²) in [7, 11) is 0. The summed E-state index contributed by atoms with van der Waals surface area (Å²) in [6, 6.07) is 0.887. The van der Waals surface area contributed by atoms with Crippen LogP contribution in [0.2, 0.25) is 0 Å². The Hall–Kier alpha value is -0.0400. The molecule has 2 fully saturated rings. The zero-order valence-corrected chi connectivity index (χ0v) is 9.05. The van der Waals surface area contributed by atoms with Gasteiger partial charge in [0.25, 0.3) is 0 Å². The summed E-state index contributed by atoms with van der Waals surface area (Å²) in [5.41, 5.74) is 0. The first-order chi connectivity index (χ1) is 6.25. The molecule has 1 heteroatoms. The van der Waals surface area contributed by atoms with E-state index >= 15 is 0 Å². The lowest BCUT2D eigenvalue weighted by atomic mass is 9.95. The van der Waals surface area contributed by atoms with Crippen molar-refractivity contribution in [3.63, 3.8) is 0 Å². The molecular weight excluding hydrogens is 158 g/mol. The van der Waals surface area contributed by atoms with E-state index in [-0.39, 0.29) is 0 Å².